The van der Waals surface area contributed by atoms with Crippen molar-refractivity contribution in [1.82, 2.24) is 10.2 Å². The van der Waals surface area contributed by atoms with Crippen LogP contribution in [0.5, 0.6) is 0 Å². The molecule has 0 radical (unpaired) electrons. The Morgan fingerprint density at radius 3 is 2.77 bits per heavy atom. The van der Waals surface area contributed by atoms with Crippen molar-refractivity contribution >= 4 is 29.3 Å². The number of carbonyl (C=O) groups excluding carboxylic acids is 2. The summed E-state index contributed by atoms with van der Waals surface area (Å²) in [5.41, 5.74) is 1.65. The van der Waals surface area contributed by atoms with E-state index in [2.05, 4.69) is 5.32 Å². The molecular formula is C16H20N2O3S. The Morgan fingerprint density at radius 2 is 2.14 bits per heavy atom. The van der Waals surface area contributed by atoms with Gasteiger partial charge in [-0.15, -0.1) is 11.8 Å². The van der Waals surface area contributed by atoms with Crippen molar-refractivity contribution in [3.05, 3.63) is 41.3 Å². The number of nitrogens with zero attached hydrogens (tertiary/aromatic N) is 1. The molecule has 0 bridgehead atoms. The number of aliphatic hydroxyl groups is 1. The molecule has 1 aliphatic rings. The molecule has 1 aliphatic heterocycles. The molecule has 0 fully saturated rings. The largest absolute Gasteiger partial charge is 0.394 e. The van der Waals surface area contributed by atoms with Crippen molar-refractivity contribution in [3.8, 4) is 0 Å². The lowest BCUT2D eigenvalue weighted by atomic mass is 10.1. The normalized spacial score (nSPS) is 16.2. The number of rotatable bonds is 6. The van der Waals surface area contributed by atoms with Crippen LogP contribution in [0.4, 0.5) is 0 Å². The highest BCUT2D eigenvalue weighted by Gasteiger charge is 2.25. The number of nitrogens with one attached hydrogen (secondary N) is 1. The average molecular weight is 320 g/mol. The second-order valence-electron chi connectivity index (χ2n) is 5.02. The van der Waals surface area contributed by atoms with Gasteiger partial charge in [-0.25, -0.2) is 0 Å². The van der Waals surface area contributed by atoms with E-state index in [4.69, 9.17) is 5.11 Å². The molecule has 0 saturated carbocycles. The summed E-state index contributed by atoms with van der Waals surface area (Å²) >= 11 is 1.43. The summed E-state index contributed by atoms with van der Waals surface area (Å²) in [5, 5.41) is 13.8. The van der Waals surface area contributed by atoms with Crippen molar-refractivity contribution in [1.29, 1.82) is 0 Å². The Labute approximate surface area is 134 Å². The van der Waals surface area contributed by atoms with E-state index < -0.39 is 0 Å². The molecule has 0 saturated heterocycles. The second kappa shape index (κ2) is 8.00. The second-order valence-corrected chi connectivity index (χ2v) is 5.87. The quantitative estimate of drug-likeness (QED) is 0.832. The molecule has 1 aromatic carbocycles. The third-order valence-corrected chi connectivity index (χ3v) is 4.25. The van der Waals surface area contributed by atoms with Gasteiger partial charge >= 0.3 is 0 Å². The Kier molecular flexibility index (Phi) is 6.03. The fourth-order valence-corrected chi connectivity index (χ4v) is 2.97. The molecule has 0 aromatic heterocycles. The van der Waals surface area contributed by atoms with E-state index in [0.717, 1.165) is 11.3 Å². The zero-order valence-corrected chi connectivity index (χ0v) is 13.3. The number of carbonyl (C=O) groups is 2. The molecule has 2 N–H and O–H groups in total. The third kappa shape index (κ3) is 4.11. The molecule has 0 spiro atoms. The fraction of sp³-hybridized carbons (Fsp3) is 0.375. The minimum atomic E-state index is -0.272. The van der Waals surface area contributed by atoms with Crippen molar-refractivity contribution in [2.45, 2.75) is 19.4 Å². The number of hydrogen-bond donors (Lipinski definition) is 2. The number of benzene rings is 1. The number of thioether (sulfide) groups is 1. The Bertz CT molecular complexity index is 556. The summed E-state index contributed by atoms with van der Waals surface area (Å²) in [6, 6.07) is 9.27. The molecule has 1 atom stereocenters. The summed E-state index contributed by atoms with van der Waals surface area (Å²) in [4.78, 5) is 25.8. The van der Waals surface area contributed by atoms with Gasteiger partial charge in [0.2, 0.25) is 11.8 Å². The van der Waals surface area contributed by atoms with E-state index in [1.807, 2.05) is 42.7 Å². The van der Waals surface area contributed by atoms with E-state index in [-0.39, 0.29) is 31.0 Å². The predicted octanol–water partition coefficient (Wildman–Crippen LogP) is 1.45. The first-order valence-corrected chi connectivity index (χ1v) is 8.28. The highest BCUT2D eigenvalue weighted by Crippen LogP contribution is 2.27. The molecule has 0 aliphatic carbocycles. The SMILES string of the molecule is CCC(CO)NC(=O)CN1C(=O)CSC=C1c1ccccc1. The van der Waals surface area contributed by atoms with E-state index in [9.17, 15) is 9.59 Å². The number of amides is 2. The van der Waals surface area contributed by atoms with Gasteiger partial charge in [0.05, 0.1) is 24.1 Å². The van der Waals surface area contributed by atoms with Crippen molar-refractivity contribution in [3.63, 3.8) is 0 Å². The summed E-state index contributed by atoms with van der Waals surface area (Å²) in [6.45, 7) is 1.75. The minimum absolute atomic E-state index is 0.0311. The predicted molar refractivity (Wildman–Crippen MR) is 87.9 cm³/mol. The molecule has 1 heterocycles. The zero-order valence-electron chi connectivity index (χ0n) is 12.5. The van der Waals surface area contributed by atoms with E-state index >= 15 is 0 Å². The van der Waals surface area contributed by atoms with Gasteiger partial charge in [0, 0.05) is 0 Å². The molecular weight excluding hydrogens is 300 g/mol. The fourth-order valence-electron chi connectivity index (χ4n) is 2.17. The lowest BCUT2D eigenvalue weighted by Gasteiger charge is -2.28. The van der Waals surface area contributed by atoms with Crippen LogP contribution in [0.2, 0.25) is 0 Å². The molecule has 6 heteroatoms. The van der Waals surface area contributed by atoms with Crippen LogP contribution >= 0.6 is 11.8 Å². The van der Waals surface area contributed by atoms with Gasteiger partial charge in [-0.3, -0.25) is 9.59 Å². The molecule has 1 unspecified atom stereocenters. The van der Waals surface area contributed by atoms with Crippen LogP contribution in [-0.2, 0) is 9.59 Å². The summed E-state index contributed by atoms with van der Waals surface area (Å²) in [6.07, 6.45) is 0.646. The molecule has 22 heavy (non-hydrogen) atoms. The van der Waals surface area contributed by atoms with Crippen LogP contribution in [-0.4, -0.2) is 46.8 Å². The maximum atomic E-state index is 12.2. The van der Waals surface area contributed by atoms with Gasteiger partial charge in [0.25, 0.3) is 0 Å². The van der Waals surface area contributed by atoms with Gasteiger partial charge in [0.1, 0.15) is 6.54 Å². The molecule has 2 rings (SSSR count). The standard InChI is InChI=1S/C16H20N2O3S/c1-2-13(9-19)17-15(20)8-18-14(10-22-11-16(18)21)12-6-4-3-5-7-12/h3-7,10,13,19H,2,8-9,11H2,1H3,(H,17,20). The highest BCUT2D eigenvalue weighted by molar-refractivity contribution is 8.03. The molecule has 1 aromatic rings. The summed E-state index contributed by atoms with van der Waals surface area (Å²) in [5.74, 6) is -0.0117. The van der Waals surface area contributed by atoms with Crippen LogP contribution < -0.4 is 5.32 Å². The van der Waals surface area contributed by atoms with Gasteiger partial charge < -0.3 is 15.3 Å². The first-order valence-electron chi connectivity index (χ1n) is 7.23. The minimum Gasteiger partial charge on any atom is -0.394 e. The van der Waals surface area contributed by atoms with Crippen molar-refractivity contribution < 1.29 is 14.7 Å². The molecule has 5 nitrogen and oxygen atoms in total. The topological polar surface area (TPSA) is 69.6 Å². The molecule has 2 amide bonds. The van der Waals surface area contributed by atoms with Crippen LogP contribution in [0.15, 0.2) is 35.7 Å². The van der Waals surface area contributed by atoms with E-state index in [1.54, 1.807) is 0 Å². The van der Waals surface area contributed by atoms with E-state index in [1.165, 1.54) is 16.7 Å². The Morgan fingerprint density at radius 1 is 1.41 bits per heavy atom. The maximum absolute atomic E-state index is 12.2. The van der Waals surface area contributed by atoms with Gasteiger partial charge in [-0.2, -0.15) is 0 Å². The zero-order chi connectivity index (χ0) is 15.9. The van der Waals surface area contributed by atoms with Gasteiger partial charge in [-0.05, 0) is 17.4 Å². The van der Waals surface area contributed by atoms with Gasteiger partial charge in [-0.1, -0.05) is 37.3 Å². The Balaban J connectivity index is 2.12. The van der Waals surface area contributed by atoms with Crippen LogP contribution in [0.1, 0.15) is 18.9 Å². The van der Waals surface area contributed by atoms with E-state index in [0.29, 0.717) is 12.2 Å². The summed E-state index contributed by atoms with van der Waals surface area (Å²) < 4.78 is 0. The van der Waals surface area contributed by atoms with Crippen molar-refractivity contribution in [2.24, 2.45) is 0 Å². The number of aliphatic hydroxyl groups excluding tert-OH is 1. The molecule has 118 valence electrons. The first kappa shape index (κ1) is 16.6. The highest BCUT2D eigenvalue weighted by atomic mass is 32.2. The lowest BCUT2D eigenvalue weighted by Crippen LogP contribution is -2.45. The summed E-state index contributed by atoms with van der Waals surface area (Å²) in [7, 11) is 0. The average Bonchev–Trinajstić information content (AvgIpc) is 2.55. The Hall–Kier alpha value is -1.79. The van der Waals surface area contributed by atoms with Crippen LogP contribution in [0, 0.1) is 0 Å². The van der Waals surface area contributed by atoms with Crippen LogP contribution in [0.3, 0.4) is 0 Å². The van der Waals surface area contributed by atoms with Crippen molar-refractivity contribution in [2.75, 3.05) is 18.9 Å². The number of hydrogen-bond acceptors (Lipinski definition) is 4. The van der Waals surface area contributed by atoms with Gasteiger partial charge in [0.15, 0.2) is 0 Å². The third-order valence-electron chi connectivity index (χ3n) is 3.44. The smallest absolute Gasteiger partial charge is 0.240 e. The van der Waals surface area contributed by atoms with Crippen LogP contribution in [0.25, 0.3) is 5.70 Å². The monoisotopic (exact) mass is 320 g/mol. The first-order chi connectivity index (χ1) is 10.7. The lowest BCUT2D eigenvalue weighted by molar-refractivity contribution is -0.131. The maximum Gasteiger partial charge on any atom is 0.240 e.